The second kappa shape index (κ2) is 3.99. The summed E-state index contributed by atoms with van der Waals surface area (Å²) in [5.74, 6) is 0.189. The van der Waals surface area contributed by atoms with E-state index >= 15 is 0 Å². The zero-order chi connectivity index (χ0) is 10.7. The average Bonchev–Trinajstić information content (AvgIpc) is 1.81. The van der Waals surface area contributed by atoms with Gasteiger partial charge in [0.2, 0.25) is 0 Å². The number of rotatable bonds is 3. The largest absolute Gasteiger partial charge is 0.370 e. The molecule has 0 heterocycles. The van der Waals surface area contributed by atoms with Crippen molar-refractivity contribution in [3.63, 3.8) is 0 Å². The van der Waals surface area contributed by atoms with Gasteiger partial charge in [-0.3, -0.25) is 0 Å². The second-order valence-corrected chi connectivity index (χ2v) is 5.12. The Balaban J connectivity index is 4.56. The average molecular weight is 185 g/mol. The Bertz CT molecular complexity index is 187. The molecule has 0 saturated carbocycles. The van der Waals surface area contributed by atoms with E-state index in [0.717, 1.165) is 12.8 Å². The molecule has 0 aromatic rings. The molecule has 4 N–H and O–H groups in total. The molecule has 0 aromatic carbocycles. The lowest BCUT2D eigenvalue weighted by Gasteiger charge is -2.31. The highest BCUT2D eigenvalue weighted by atomic mass is 15.0. The summed E-state index contributed by atoms with van der Waals surface area (Å²) < 4.78 is 0. The van der Waals surface area contributed by atoms with Gasteiger partial charge in [0.25, 0.3) is 0 Å². The summed E-state index contributed by atoms with van der Waals surface area (Å²) in [6.45, 7) is 10.8. The van der Waals surface area contributed by atoms with Gasteiger partial charge in [-0.2, -0.15) is 0 Å². The van der Waals surface area contributed by atoms with E-state index in [0.29, 0.717) is 0 Å². The van der Waals surface area contributed by atoms with Gasteiger partial charge >= 0.3 is 0 Å². The highest BCUT2D eigenvalue weighted by Gasteiger charge is 2.27. The van der Waals surface area contributed by atoms with Crippen LogP contribution in [0.15, 0.2) is 4.99 Å². The lowest BCUT2D eigenvalue weighted by molar-refractivity contribution is 0.266. The monoisotopic (exact) mass is 185 g/mol. The van der Waals surface area contributed by atoms with Crippen LogP contribution in [-0.4, -0.2) is 11.5 Å². The summed E-state index contributed by atoms with van der Waals surface area (Å²) in [5.41, 5.74) is 10.9. The van der Waals surface area contributed by atoms with E-state index in [4.69, 9.17) is 11.5 Å². The zero-order valence-corrected chi connectivity index (χ0v) is 9.52. The molecule has 13 heavy (non-hydrogen) atoms. The number of nitrogens with two attached hydrogens (primary N) is 2. The van der Waals surface area contributed by atoms with Crippen LogP contribution in [0.4, 0.5) is 0 Å². The summed E-state index contributed by atoms with van der Waals surface area (Å²) in [5, 5.41) is 0. The number of aliphatic imine (C=N–C) groups is 1. The Morgan fingerprint density at radius 2 is 1.62 bits per heavy atom. The van der Waals surface area contributed by atoms with Crippen LogP contribution in [0, 0.1) is 5.41 Å². The van der Waals surface area contributed by atoms with Crippen molar-refractivity contribution in [3.8, 4) is 0 Å². The molecular weight excluding hydrogens is 162 g/mol. The first kappa shape index (κ1) is 12.3. The molecule has 0 radical (unpaired) electrons. The first-order chi connectivity index (χ1) is 5.68. The molecule has 0 saturated heterocycles. The van der Waals surface area contributed by atoms with Crippen LogP contribution in [0.25, 0.3) is 0 Å². The van der Waals surface area contributed by atoms with Crippen molar-refractivity contribution < 1.29 is 0 Å². The summed E-state index contributed by atoms with van der Waals surface area (Å²) in [7, 11) is 0. The molecular formula is C10H23N3. The second-order valence-electron chi connectivity index (χ2n) is 5.12. The number of hydrogen-bond donors (Lipinski definition) is 2. The maximum absolute atomic E-state index is 5.40. The Labute approximate surface area is 81.6 Å². The van der Waals surface area contributed by atoms with Gasteiger partial charge in [0.1, 0.15) is 0 Å². The maximum atomic E-state index is 5.40. The molecule has 3 nitrogen and oxygen atoms in total. The van der Waals surface area contributed by atoms with Gasteiger partial charge in [-0.25, -0.2) is 4.99 Å². The topological polar surface area (TPSA) is 64.4 Å². The van der Waals surface area contributed by atoms with E-state index in [1.807, 2.05) is 0 Å². The molecule has 0 aromatic heterocycles. The first-order valence-corrected chi connectivity index (χ1v) is 4.79. The van der Waals surface area contributed by atoms with Crippen LogP contribution in [0.3, 0.4) is 0 Å². The van der Waals surface area contributed by atoms with Gasteiger partial charge in [0, 0.05) is 0 Å². The van der Waals surface area contributed by atoms with Crippen LogP contribution < -0.4 is 11.5 Å². The predicted octanol–water partition coefficient (Wildman–Crippen LogP) is 1.86. The van der Waals surface area contributed by atoms with E-state index in [2.05, 4.69) is 39.6 Å². The molecule has 0 aliphatic heterocycles. The Morgan fingerprint density at radius 3 is 1.85 bits per heavy atom. The van der Waals surface area contributed by atoms with Gasteiger partial charge in [-0.15, -0.1) is 0 Å². The molecule has 0 spiro atoms. The van der Waals surface area contributed by atoms with E-state index in [9.17, 15) is 0 Å². The lowest BCUT2D eigenvalue weighted by atomic mass is 9.80. The molecule has 1 atom stereocenters. The maximum Gasteiger partial charge on any atom is 0.186 e. The van der Waals surface area contributed by atoms with Crippen molar-refractivity contribution in [1.29, 1.82) is 0 Å². The number of guanidine groups is 1. The minimum atomic E-state index is -0.114. The van der Waals surface area contributed by atoms with E-state index < -0.39 is 0 Å². The van der Waals surface area contributed by atoms with Crippen molar-refractivity contribution in [3.05, 3.63) is 0 Å². The quantitative estimate of drug-likeness (QED) is 0.520. The molecule has 0 amide bonds. The van der Waals surface area contributed by atoms with E-state index in [1.165, 1.54) is 0 Å². The molecule has 3 heteroatoms. The third-order valence-corrected chi connectivity index (χ3v) is 2.07. The molecule has 1 unspecified atom stereocenters. The summed E-state index contributed by atoms with van der Waals surface area (Å²) >= 11 is 0. The SMILES string of the molecule is CCC(C)(CC(C)(C)C)N=C(N)N. The highest BCUT2D eigenvalue weighted by Crippen LogP contribution is 2.31. The standard InChI is InChI=1S/C10H23N3/c1-6-10(5,13-8(11)12)7-9(2,3)4/h6-7H2,1-5H3,(H4,11,12,13). The fraction of sp³-hybridized carbons (Fsp3) is 0.900. The van der Waals surface area contributed by atoms with Gasteiger partial charge < -0.3 is 11.5 Å². The fourth-order valence-electron chi connectivity index (χ4n) is 1.70. The van der Waals surface area contributed by atoms with Crippen LogP contribution in [0.2, 0.25) is 0 Å². The van der Waals surface area contributed by atoms with Crippen molar-refractivity contribution in [2.75, 3.05) is 0 Å². The number of hydrogen-bond acceptors (Lipinski definition) is 1. The normalized spacial score (nSPS) is 16.4. The predicted molar refractivity (Wildman–Crippen MR) is 58.6 cm³/mol. The molecule has 0 aliphatic carbocycles. The van der Waals surface area contributed by atoms with Crippen LogP contribution in [0.1, 0.15) is 47.5 Å². The smallest absolute Gasteiger partial charge is 0.186 e. The first-order valence-electron chi connectivity index (χ1n) is 4.79. The van der Waals surface area contributed by atoms with Gasteiger partial charge in [-0.05, 0) is 25.2 Å². The highest BCUT2D eigenvalue weighted by molar-refractivity contribution is 5.76. The van der Waals surface area contributed by atoms with Crippen LogP contribution >= 0.6 is 0 Å². The van der Waals surface area contributed by atoms with Crippen LogP contribution in [-0.2, 0) is 0 Å². The molecule has 0 bridgehead atoms. The molecule has 0 aliphatic rings. The molecule has 0 rings (SSSR count). The summed E-state index contributed by atoms with van der Waals surface area (Å²) in [6.07, 6.45) is 1.95. The van der Waals surface area contributed by atoms with E-state index in [-0.39, 0.29) is 16.9 Å². The fourth-order valence-corrected chi connectivity index (χ4v) is 1.70. The zero-order valence-electron chi connectivity index (χ0n) is 9.52. The van der Waals surface area contributed by atoms with Gasteiger partial charge in [0.15, 0.2) is 5.96 Å². The van der Waals surface area contributed by atoms with Crippen molar-refractivity contribution in [1.82, 2.24) is 0 Å². The molecule has 78 valence electrons. The van der Waals surface area contributed by atoms with Gasteiger partial charge in [0.05, 0.1) is 5.54 Å². The summed E-state index contributed by atoms with van der Waals surface area (Å²) in [4.78, 5) is 4.28. The minimum absolute atomic E-state index is 0.114. The Kier molecular flexibility index (Phi) is 3.76. The van der Waals surface area contributed by atoms with Crippen molar-refractivity contribution >= 4 is 5.96 Å². The number of nitrogens with zero attached hydrogens (tertiary/aromatic N) is 1. The Morgan fingerprint density at radius 1 is 1.15 bits per heavy atom. The van der Waals surface area contributed by atoms with Crippen molar-refractivity contribution in [2.24, 2.45) is 21.9 Å². The third-order valence-electron chi connectivity index (χ3n) is 2.07. The molecule has 0 fully saturated rings. The lowest BCUT2D eigenvalue weighted by Crippen LogP contribution is -2.34. The Hall–Kier alpha value is -0.730. The summed E-state index contributed by atoms with van der Waals surface area (Å²) in [6, 6.07) is 0. The minimum Gasteiger partial charge on any atom is -0.370 e. The van der Waals surface area contributed by atoms with Gasteiger partial charge in [-0.1, -0.05) is 27.7 Å². The third kappa shape index (κ3) is 5.50. The van der Waals surface area contributed by atoms with Crippen LogP contribution in [0.5, 0.6) is 0 Å². The van der Waals surface area contributed by atoms with Crippen molar-refractivity contribution in [2.45, 2.75) is 53.0 Å². The van der Waals surface area contributed by atoms with E-state index in [1.54, 1.807) is 0 Å².